The van der Waals surface area contributed by atoms with E-state index in [9.17, 15) is 8.42 Å². The summed E-state index contributed by atoms with van der Waals surface area (Å²) < 4.78 is 34.2. The summed E-state index contributed by atoms with van der Waals surface area (Å²) in [5, 5.41) is 4.69. The second kappa shape index (κ2) is 7.04. The Kier molecular flexibility index (Phi) is 4.58. The van der Waals surface area contributed by atoms with Gasteiger partial charge >= 0.3 is 10.0 Å². The number of fused-ring (bicyclic) bond motifs is 1. The Balaban J connectivity index is 1.92. The van der Waals surface area contributed by atoms with Gasteiger partial charge in [-0.2, -0.15) is 8.42 Å². The molecule has 0 radical (unpaired) electrons. The molecule has 6 heteroatoms. The molecule has 3 aromatic carbocycles. The van der Waals surface area contributed by atoms with E-state index in [1.165, 1.54) is 3.98 Å². The first-order chi connectivity index (χ1) is 13.1. The van der Waals surface area contributed by atoms with Gasteiger partial charge in [0.15, 0.2) is 0 Å². The van der Waals surface area contributed by atoms with Crippen molar-refractivity contribution in [3.05, 3.63) is 72.3 Å². The average Bonchev–Trinajstić information content (AvgIpc) is 3.20. The molecule has 1 heterocycles. The highest BCUT2D eigenvalue weighted by molar-refractivity contribution is 7.85. The molecule has 0 aromatic heterocycles. The summed E-state index contributed by atoms with van der Waals surface area (Å²) in [6.07, 6.45) is 0. The summed E-state index contributed by atoms with van der Waals surface area (Å²) in [7, 11) is -3.72. The van der Waals surface area contributed by atoms with Crippen molar-refractivity contribution in [2.24, 2.45) is 0 Å². The van der Waals surface area contributed by atoms with E-state index in [0.717, 1.165) is 10.9 Å². The lowest BCUT2D eigenvalue weighted by atomic mass is 10.1. The smallest absolute Gasteiger partial charge is 0.331 e. The van der Waals surface area contributed by atoms with E-state index in [1.54, 1.807) is 12.1 Å². The number of nitrogens with one attached hydrogen (secondary N) is 1. The van der Waals surface area contributed by atoms with Gasteiger partial charge in [-0.15, -0.1) is 3.98 Å². The van der Waals surface area contributed by atoms with Crippen molar-refractivity contribution in [2.45, 2.75) is 11.8 Å². The number of amidine groups is 1. The van der Waals surface area contributed by atoms with E-state index in [1.807, 2.05) is 61.5 Å². The maximum absolute atomic E-state index is 13.5. The van der Waals surface area contributed by atoms with Gasteiger partial charge in [-0.1, -0.05) is 42.5 Å². The molecule has 0 saturated heterocycles. The van der Waals surface area contributed by atoms with Crippen LogP contribution in [0.1, 0.15) is 12.5 Å². The molecule has 1 aliphatic heterocycles. The molecular formula is C21H21N2O3S+. The maximum Gasteiger partial charge on any atom is 0.331 e. The van der Waals surface area contributed by atoms with E-state index >= 15 is 0 Å². The highest BCUT2D eigenvalue weighted by Gasteiger charge is 2.34. The topological polar surface area (TPSA) is 58.4 Å². The summed E-state index contributed by atoms with van der Waals surface area (Å²) in [5.74, 6) is 1.31. The lowest BCUT2D eigenvalue weighted by Crippen LogP contribution is -2.28. The first-order valence-corrected chi connectivity index (χ1v) is 10.4. The lowest BCUT2D eigenvalue weighted by Gasteiger charge is -2.12. The van der Waals surface area contributed by atoms with E-state index < -0.39 is 10.0 Å². The quantitative estimate of drug-likeness (QED) is 0.691. The zero-order chi connectivity index (χ0) is 18.9. The number of ether oxygens (including phenoxy) is 1. The third-order valence-electron chi connectivity index (χ3n) is 4.62. The molecule has 0 unspecified atom stereocenters. The molecule has 0 aliphatic carbocycles. The van der Waals surface area contributed by atoms with Crippen LogP contribution in [-0.4, -0.2) is 37.9 Å². The van der Waals surface area contributed by atoms with Crippen molar-refractivity contribution in [1.29, 1.82) is 0 Å². The van der Waals surface area contributed by atoms with Crippen molar-refractivity contribution < 1.29 is 17.1 Å². The van der Waals surface area contributed by atoms with Crippen LogP contribution in [0.2, 0.25) is 0 Å². The molecule has 1 aliphatic rings. The van der Waals surface area contributed by atoms with Gasteiger partial charge < -0.3 is 4.74 Å². The Morgan fingerprint density at radius 2 is 1.67 bits per heavy atom. The van der Waals surface area contributed by atoms with Crippen molar-refractivity contribution in [1.82, 2.24) is 5.32 Å². The Morgan fingerprint density at radius 1 is 0.963 bits per heavy atom. The number of benzene rings is 3. The van der Waals surface area contributed by atoms with Crippen LogP contribution >= 0.6 is 0 Å². The van der Waals surface area contributed by atoms with Crippen LogP contribution in [0.4, 0.5) is 0 Å². The van der Waals surface area contributed by atoms with Crippen LogP contribution in [0.15, 0.2) is 71.6 Å². The number of rotatable bonds is 5. The van der Waals surface area contributed by atoms with Gasteiger partial charge in [0.1, 0.15) is 23.7 Å². The summed E-state index contributed by atoms with van der Waals surface area (Å²) in [4.78, 5) is 0.290. The molecule has 0 amide bonds. The number of nitrogens with zero attached hydrogens (tertiary/aromatic N) is 1. The van der Waals surface area contributed by atoms with Crippen LogP contribution in [0, 0.1) is 0 Å². The molecule has 0 bridgehead atoms. The monoisotopic (exact) mass is 381 g/mol. The Morgan fingerprint density at radius 3 is 2.41 bits per heavy atom. The van der Waals surface area contributed by atoms with Gasteiger partial charge in [-0.3, -0.25) is 5.32 Å². The fourth-order valence-electron chi connectivity index (χ4n) is 3.43. The summed E-state index contributed by atoms with van der Waals surface area (Å²) in [5.41, 5.74) is 0.855. The second-order valence-electron chi connectivity index (χ2n) is 6.26. The third kappa shape index (κ3) is 3.06. The van der Waals surface area contributed by atoms with E-state index in [4.69, 9.17) is 4.74 Å². The highest BCUT2D eigenvalue weighted by atomic mass is 32.2. The fraction of sp³-hybridized carbons (Fsp3) is 0.190. The van der Waals surface area contributed by atoms with Crippen molar-refractivity contribution in [2.75, 3.05) is 19.7 Å². The van der Waals surface area contributed by atoms with Gasteiger partial charge in [0.05, 0.1) is 12.2 Å². The minimum atomic E-state index is -3.72. The molecule has 0 spiro atoms. The standard InChI is InChI=1S/C21H20N2O3S/c1-2-26-19-12-13-20(18-11-7-6-10-17(18)19)27(24,25)23-15-14-22-21(23)16-8-4-3-5-9-16/h3-13H,2,14-15H2,1H3/p+1. The van der Waals surface area contributed by atoms with Crippen LogP contribution in [-0.2, 0) is 10.0 Å². The SMILES string of the molecule is CCOc1ccc(S(=O)(=O)[N+]2=C(c3ccccc3)NCC2)c2ccccc12. The van der Waals surface area contributed by atoms with Crippen LogP contribution in [0.25, 0.3) is 10.8 Å². The largest absolute Gasteiger partial charge is 0.493 e. The van der Waals surface area contributed by atoms with Crippen molar-refractivity contribution in [3.8, 4) is 5.75 Å². The molecule has 0 atom stereocenters. The summed E-state index contributed by atoms with van der Waals surface area (Å²) in [6.45, 7) is 3.42. The average molecular weight is 381 g/mol. The molecule has 0 fully saturated rings. The molecule has 5 nitrogen and oxygen atoms in total. The number of sulfonamides is 1. The molecule has 1 N–H and O–H groups in total. The van der Waals surface area contributed by atoms with Crippen molar-refractivity contribution >= 4 is 26.6 Å². The minimum Gasteiger partial charge on any atom is -0.493 e. The van der Waals surface area contributed by atoms with Crippen LogP contribution in [0.3, 0.4) is 0 Å². The maximum atomic E-state index is 13.5. The zero-order valence-corrected chi connectivity index (χ0v) is 15.9. The number of hydrogen-bond donors (Lipinski definition) is 1. The predicted molar refractivity (Wildman–Crippen MR) is 106 cm³/mol. The van der Waals surface area contributed by atoms with Gasteiger partial charge in [0.25, 0.3) is 5.84 Å². The minimum absolute atomic E-state index is 0.290. The molecule has 3 aromatic rings. The van der Waals surface area contributed by atoms with E-state index in [2.05, 4.69) is 5.32 Å². The van der Waals surface area contributed by atoms with Gasteiger partial charge in [0, 0.05) is 10.8 Å². The normalized spacial score (nSPS) is 14.4. The van der Waals surface area contributed by atoms with Gasteiger partial charge in [-0.05, 0) is 31.2 Å². The van der Waals surface area contributed by atoms with Gasteiger partial charge in [-0.25, -0.2) is 0 Å². The van der Waals surface area contributed by atoms with E-state index in [0.29, 0.717) is 41.6 Å². The first-order valence-electron chi connectivity index (χ1n) is 8.96. The second-order valence-corrected chi connectivity index (χ2v) is 8.09. The fourth-order valence-corrected chi connectivity index (χ4v) is 5.10. The molecule has 4 rings (SSSR count). The summed E-state index contributed by atoms with van der Waals surface area (Å²) in [6, 6.07) is 20.4. The van der Waals surface area contributed by atoms with Crippen LogP contribution < -0.4 is 10.1 Å². The summed E-state index contributed by atoms with van der Waals surface area (Å²) >= 11 is 0. The molecule has 27 heavy (non-hydrogen) atoms. The molecular weight excluding hydrogens is 360 g/mol. The van der Waals surface area contributed by atoms with Gasteiger partial charge in [0.2, 0.25) is 0 Å². The molecule has 0 saturated carbocycles. The van der Waals surface area contributed by atoms with Crippen molar-refractivity contribution in [3.63, 3.8) is 0 Å². The Hall–Kier alpha value is -2.86. The molecule has 138 valence electrons. The predicted octanol–water partition coefficient (Wildman–Crippen LogP) is 2.99. The van der Waals surface area contributed by atoms with Crippen LogP contribution in [0.5, 0.6) is 5.75 Å². The first kappa shape index (κ1) is 17.5. The Bertz CT molecular complexity index is 1120. The number of hydrogen-bond acceptors (Lipinski definition) is 4. The highest BCUT2D eigenvalue weighted by Crippen LogP contribution is 2.32. The Labute approximate surface area is 159 Å². The van der Waals surface area contributed by atoms with E-state index in [-0.39, 0.29) is 0 Å². The lowest BCUT2D eigenvalue weighted by molar-refractivity contribution is -0.352. The third-order valence-corrected chi connectivity index (χ3v) is 6.47. The zero-order valence-electron chi connectivity index (χ0n) is 15.1.